The van der Waals surface area contributed by atoms with Gasteiger partial charge in [-0.15, -0.1) is 0 Å². The number of nitrogens with zero attached hydrogens (tertiary/aromatic N) is 2. The number of nitrogens with one attached hydrogen (secondary N) is 2. The number of hydrogen-bond acceptors (Lipinski definition) is 8. The number of rotatable bonds is 5. The summed E-state index contributed by atoms with van der Waals surface area (Å²) in [6, 6.07) is 10.8. The normalized spacial score (nSPS) is 18.7. The molecule has 0 aliphatic carbocycles. The molecule has 154 valence electrons. The molecule has 2 N–H and O–H groups in total. The number of anilines is 1. The largest absolute Gasteiger partial charge is 0.486 e. The van der Waals surface area contributed by atoms with Crippen LogP contribution >= 0.6 is 11.8 Å². The van der Waals surface area contributed by atoms with Crippen LogP contribution in [0.5, 0.6) is 11.5 Å². The molecule has 0 radical (unpaired) electrons. The van der Waals surface area contributed by atoms with Crippen molar-refractivity contribution >= 4 is 45.8 Å². The average Bonchev–Trinajstić information content (AvgIpc) is 3.06. The van der Waals surface area contributed by atoms with Crippen LogP contribution in [0, 0.1) is 10.1 Å². The maximum Gasteiger partial charge on any atom is 0.271 e. The summed E-state index contributed by atoms with van der Waals surface area (Å²) in [5, 5.41) is 15.8. The zero-order chi connectivity index (χ0) is 21.1. The van der Waals surface area contributed by atoms with Gasteiger partial charge in [0.25, 0.3) is 5.69 Å². The zero-order valence-electron chi connectivity index (χ0n) is 15.5. The minimum Gasteiger partial charge on any atom is -0.486 e. The number of thioether (sulfide) groups is 1. The van der Waals surface area contributed by atoms with Crippen molar-refractivity contribution in [3.05, 3.63) is 52.6 Å². The summed E-state index contributed by atoms with van der Waals surface area (Å²) in [7, 11) is 0. The van der Waals surface area contributed by atoms with Gasteiger partial charge in [-0.3, -0.25) is 19.7 Å². The molecule has 4 rings (SSSR count). The van der Waals surface area contributed by atoms with Gasteiger partial charge in [0.05, 0.1) is 10.6 Å². The summed E-state index contributed by atoms with van der Waals surface area (Å²) in [5.74, 6) is 0.475. The van der Waals surface area contributed by atoms with E-state index in [0.29, 0.717) is 41.3 Å². The zero-order valence-corrected chi connectivity index (χ0v) is 16.3. The van der Waals surface area contributed by atoms with Crippen LogP contribution in [0.3, 0.4) is 0 Å². The van der Waals surface area contributed by atoms with Gasteiger partial charge in [-0.25, -0.2) is 4.99 Å². The lowest BCUT2D eigenvalue weighted by Crippen LogP contribution is -2.28. The number of aliphatic imine (C=N–C) groups is 1. The van der Waals surface area contributed by atoms with E-state index in [1.165, 1.54) is 18.2 Å². The Kier molecular flexibility index (Phi) is 5.53. The van der Waals surface area contributed by atoms with Gasteiger partial charge in [0.15, 0.2) is 16.7 Å². The maximum atomic E-state index is 12.3. The van der Waals surface area contributed by atoms with E-state index >= 15 is 0 Å². The van der Waals surface area contributed by atoms with Crippen LogP contribution < -0.4 is 20.1 Å². The number of benzene rings is 2. The number of nitro benzene ring substituents is 1. The first-order chi connectivity index (χ1) is 14.5. The Balaban J connectivity index is 1.39. The van der Waals surface area contributed by atoms with E-state index in [2.05, 4.69) is 15.6 Å². The lowest BCUT2D eigenvalue weighted by atomic mass is 10.2. The molecule has 1 fully saturated rings. The van der Waals surface area contributed by atoms with Crippen molar-refractivity contribution in [2.24, 2.45) is 4.99 Å². The van der Waals surface area contributed by atoms with Crippen LogP contribution in [0.15, 0.2) is 47.5 Å². The average molecular weight is 428 g/mol. The van der Waals surface area contributed by atoms with Crippen molar-refractivity contribution in [2.75, 3.05) is 18.5 Å². The fraction of sp³-hybridized carbons (Fsp3) is 0.211. The van der Waals surface area contributed by atoms with Crippen molar-refractivity contribution in [2.45, 2.75) is 11.7 Å². The predicted molar refractivity (Wildman–Crippen MR) is 110 cm³/mol. The van der Waals surface area contributed by atoms with Crippen molar-refractivity contribution in [3.8, 4) is 11.5 Å². The monoisotopic (exact) mass is 428 g/mol. The van der Waals surface area contributed by atoms with E-state index in [-0.39, 0.29) is 18.0 Å². The van der Waals surface area contributed by atoms with Crippen LogP contribution in [-0.4, -0.2) is 40.4 Å². The van der Waals surface area contributed by atoms with E-state index in [0.717, 1.165) is 11.8 Å². The highest BCUT2D eigenvalue weighted by Gasteiger charge is 2.32. The number of amidine groups is 1. The maximum absolute atomic E-state index is 12.3. The number of amides is 2. The molecule has 1 saturated heterocycles. The molecule has 0 spiro atoms. The molecule has 2 aromatic rings. The van der Waals surface area contributed by atoms with Crippen molar-refractivity contribution in [3.63, 3.8) is 0 Å². The highest BCUT2D eigenvalue weighted by Crippen LogP contribution is 2.34. The molecule has 0 saturated carbocycles. The standard InChI is InChI=1S/C19H16N4O6S/c24-17(20-11-2-1-3-13(8-11)23(26)27)10-16-18(25)22-19(30-16)21-12-4-5-14-15(9-12)29-7-6-28-14/h1-5,8-9,16H,6-7,10H2,(H,20,24)(H,21,22,25). The van der Waals surface area contributed by atoms with Crippen LogP contribution in [0.1, 0.15) is 6.42 Å². The molecule has 30 heavy (non-hydrogen) atoms. The van der Waals surface area contributed by atoms with Crippen molar-refractivity contribution < 1.29 is 24.0 Å². The summed E-state index contributed by atoms with van der Waals surface area (Å²) in [4.78, 5) is 39.2. The Morgan fingerprint density at radius 2 is 2.03 bits per heavy atom. The Bertz CT molecular complexity index is 1060. The smallest absolute Gasteiger partial charge is 0.271 e. The molecule has 2 aliphatic heterocycles. The number of nitro groups is 1. The number of ether oxygens (including phenoxy) is 2. The fourth-order valence-corrected chi connectivity index (χ4v) is 3.88. The molecular formula is C19H16N4O6S. The Labute approximate surface area is 174 Å². The molecule has 0 aromatic heterocycles. The molecular weight excluding hydrogens is 412 g/mol. The Hall–Kier alpha value is -3.60. The van der Waals surface area contributed by atoms with Gasteiger partial charge < -0.3 is 20.1 Å². The lowest BCUT2D eigenvalue weighted by molar-refractivity contribution is -0.384. The summed E-state index contributed by atoms with van der Waals surface area (Å²) in [5.41, 5.74) is 0.751. The first kappa shape index (κ1) is 19.7. The molecule has 2 aromatic carbocycles. The predicted octanol–water partition coefficient (Wildman–Crippen LogP) is 2.61. The van der Waals surface area contributed by atoms with Crippen LogP contribution in [0.25, 0.3) is 0 Å². The van der Waals surface area contributed by atoms with Crippen molar-refractivity contribution in [1.82, 2.24) is 5.32 Å². The van der Waals surface area contributed by atoms with Crippen molar-refractivity contribution in [1.29, 1.82) is 0 Å². The summed E-state index contributed by atoms with van der Waals surface area (Å²) >= 11 is 1.15. The van der Waals surface area contributed by atoms with Crippen LogP contribution in [-0.2, 0) is 9.59 Å². The van der Waals surface area contributed by atoms with E-state index in [4.69, 9.17) is 9.47 Å². The fourth-order valence-electron chi connectivity index (χ4n) is 2.89. The molecule has 10 nitrogen and oxygen atoms in total. The third kappa shape index (κ3) is 4.51. The van der Waals surface area contributed by atoms with E-state index in [9.17, 15) is 19.7 Å². The minimum atomic E-state index is -0.653. The van der Waals surface area contributed by atoms with Gasteiger partial charge in [-0.1, -0.05) is 17.8 Å². The quantitative estimate of drug-likeness (QED) is 0.552. The first-order valence-corrected chi connectivity index (χ1v) is 9.86. The number of carbonyl (C=O) groups is 2. The Morgan fingerprint density at radius 1 is 1.23 bits per heavy atom. The second kappa shape index (κ2) is 8.41. The second-order valence-corrected chi connectivity index (χ2v) is 7.59. The number of carbonyl (C=O) groups excluding carboxylic acids is 2. The topological polar surface area (TPSA) is 132 Å². The third-order valence-electron chi connectivity index (χ3n) is 4.24. The molecule has 0 bridgehead atoms. The number of hydrogen-bond donors (Lipinski definition) is 2. The van der Waals surface area contributed by atoms with Gasteiger partial charge in [0, 0.05) is 30.3 Å². The van der Waals surface area contributed by atoms with E-state index in [1.54, 1.807) is 24.3 Å². The van der Waals surface area contributed by atoms with Crippen LogP contribution in [0.2, 0.25) is 0 Å². The summed E-state index contributed by atoms with van der Waals surface area (Å²) in [6.45, 7) is 0.952. The highest BCUT2D eigenvalue weighted by atomic mass is 32.2. The number of fused-ring (bicyclic) bond motifs is 1. The van der Waals surface area contributed by atoms with Gasteiger partial charge in [-0.2, -0.15) is 0 Å². The second-order valence-electron chi connectivity index (χ2n) is 6.40. The van der Waals surface area contributed by atoms with E-state index in [1.807, 2.05) is 0 Å². The molecule has 1 unspecified atom stereocenters. The molecule has 2 heterocycles. The highest BCUT2D eigenvalue weighted by molar-refractivity contribution is 8.15. The minimum absolute atomic E-state index is 0.0979. The van der Waals surface area contributed by atoms with E-state index < -0.39 is 16.1 Å². The third-order valence-corrected chi connectivity index (χ3v) is 5.33. The Morgan fingerprint density at radius 3 is 2.83 bits per heavy atom. The molecule has 2 amide bonds. The molecule has 2 aliphatic rings. The van der Waals surface area contributed by atoms with Gasteiger partial charge in [-0.05, 0) is 18.2 Å². The molecule has 11 heteroatoms. The molecule has 1 atom stereocenters. The summed E-state index contributed by atoms with van der Waals surface area (Å²) < 4.78 is 11.0. The van der Waals surface area contributed by atoms with Gasteiger partial charge >= 0.3 is 0 Å². The van der Waals surface area contributed by atoms with Gasteiger partial charge in [0.2, 0.25) is 11.8 Å². The SMILES string of the molecule is O=C(CC1SC(=Nc2ccc3c(c2)OCCO3)NC1=O)Nc1cccc([N+](=O)[O-])c1. The van der Waals surface area contributed by atoms with Gasteiger partial charge in [0.1, 0.15) is 18.5 Å². The lowest BCUT2D eigenvalue weighted by Gasteiger charge is -2.18. The first-order valence-electron chi connectivity index (χ1n) is 8.98. The number of non-ortho nitro benzene ring substituents is 1. The van der Waals surface area contributed by atoms with Crippen LogP contribution in [0.4, 0.5) is 17.1 Å². The summed E-state index contributed by atoms with van der Waals surface area (Å²) in [6.07, 6.45) is -0.0979.